The lowest BCUT2D eigenvalue weighted by Gasteiger charge is -2.24. The monoisotopic (exact) mass is 213 g/mol. The van der Waals surface area contributed by atoms with Crippen molar-refractivity contribution >= 4 is 10.1 Å². The van der Waals surface area contributed by atoms with E-state index < -0.39 is 21.6 Å². The highest BCUT2D eigenvalue weighted by atomic mass is 32.2. The van der Waals surface area contributed by atoms with Crippen LogP contribution >= 0.6 is 0 Å². The maximum absolute atomic E-state index is 10.8. The molecule has 7 heteroatoms. The first-order valence-corrected chi connectivity index (χ1v) is 5.29. The normalized spacial score (nSPS) is 16.9. The van der Waals surface area contributed by atoms with Crippen molar-refractivity contribution in [2.45, 2.75) is 24.1 Å². The first kappa shape index (κ1) is 12.8. The molecule has 0 aliphatic heterocycles. The fraction of sp³-hybridized carbons (Fsp3) is 1.00. The lowest BCUT2D eigenvalue weighted by atomic mass is 10.1. The number of aliphatic hydroxyl groups is 2. The van der Waals surface area contributed by atoms with Crippen molar-refractivity contribution < 1.29 is 23.2 Å². The zero-order valence-electron chi connectivity index (χ0n) is 7.18. The van der Waals surface area contributed by atoms with E-state index in [-0.39, 0.29) is 25.9 Å². The summed E-state index contributed by atoms with van der Waals surface area (Å²) in [6.45, 7) is -0.637. The molecule has 0 saturated carbocycles. The molecule has 0 fully saturated rings. The van der Waals surface area contributed by atoms with Crippen LogP contribution in [0.3, 0.4) is 0 Å². The van der Waals surface area contributed by atoms with E-state index in [1.165, 1.54) is 0 Å². The number of aliphatic hydroxyl groups excluding tert-OH is 2. The molecule has 0 aliphatic rings. The fourth-order valence-corrected chi connectivity index (χ4v) is 1.70. The van der Waals surface area contributed by atoms with Crippen LogP contribution in [0, 0.1) is 0 Å². The van der Waals surface area contributed by atoms with Crippen molar-refractivity contribution in [1.82, 2.24) is 0 Å². The third-order valence-electron chi connectivity index (χ3n) is 1.81. The van der Waals surface area contributed by atoms with Gasteiger partial charge in [0.2, 0.25) is 0 Å². The third-order valence-corrected chi connectivity index (χ3v) is 3.24. The van der Waals surface area contributed by atoms with Crippen molar-refractivity contribution in [2.24, 2.45) is 5.73 Å². The van der Waals surface area contributed by atoms with Crippen molar-refractivity contribution in [3.63, 3.8) is 0 Å². The summed E-state index contributed by atoms with van der Waals surface area (Å²) in [5.41, 5.74) is 5.36. The van der Waals surface area contributed by atoms with Gasteiger partial charge in [0.25, 0.3) is 10.1 Å². The van der Waals surface area contributed by atoms with E-state index in [2.05, 4.69) is 0 Å². The Bertz CT molecular complexity index is 239. The average molecular weight is 213 g/mol. The van der Waals surface area contributed by atoms with Crippen LogP contribution in [0.4, 0.5) is 0 Å². The van der Waals surface area contributed by atoms with Crippen LogP contribution in [0.5, 0.6) is 0 Å². The number of hydrogen-bond donors (Lipinski definition) is 4. The van der Waals surface area contributed by atoms with E-state index >= 15 is 0 Å². The van der Waals surface area contributed by atoms with Crippen LogP contribution in [-0.4, -0.2) is 41.3 Å². The predicted molar refractivity (Wildman–Crippen MR) is 46.5 cm³/mol. The molecule has 0 saturated heterocycles. The quantitative estimate of drug-likeness (QED) is 0.406. The number of rotatable bonds is 6. The molecule has 80 valence electrons. The first-order chi connectivity index (χ1) is 5.87. The van der Waals surface area contributed by atoms with Crippen LogP contribution in [0.1, 0.15) is 19.3 Å². The van der Waals surface area contributed by atoms with Crippen LogP contribution in [0.15, 0.2) is 0 Å². The molecule has 13 heavy (non-hydrogen) atoms. The molecular weight excluding hydrogens is 198 g/mol. The zero-order valence-corrected chi connectivity index (χ0v) is 8.00. The zero-order chi connectivity index (χ0) is 10.5. The molecule has 6 nitrogen and oxygen atoms in total. The minimum Gasteiger partial charge on any atom is -0.396 e. The van der Waals surface area contributed by atoms with Crippen LogP contribution in [0.2, 0.25) is 0 Å². The maximum atomic E-state index is 10.8. The van der Waals surface area contributed by atoms with Crippen molar-refractivity contribution in [3.05, 3.63) is 0 Å². The molecule has 0 rings (SSSR count). The average Bonchev–Trinajstić information content (AvgIpc) is 1.99. The summed E-state index contributed by atoms with van der Waals surface area (Å²) in [6.07, 6.45) is -0.162. The predicted octanol–water partition coefficient (Wildman–Crippen LogP) is -1.32. The Balaban J connectivity index is 4.53. The molecule has 1 unspecified atom stereocenters. The van der Waals surface area contributed by atoms with Gasteiger partial charge in [-0.2, -0.15) is 8.42 Å². The molecule has 0 radical (unpaired) electrons. The van der Waals surface area contributed by atoms with Gasteiger partial charge >= 0.3 is 0 Å². The Morgan fingerprint density at radius 3 is 2.00 bits per heavy atom. The van der Waals surface area contributed by atoms with Crippen molar-refractivity contribution in [3.8, 4) is 0 Å². The summed E-state index contributed by atoms with van der Waals surface area (Å²) in [7, 11) is -4.39. The first-order valence-electron chi connectivity index (χ1n) is 3.85. The summed E-state index contributed by atoms with van der Waals surface area (Å²) in [4.78, 5) is -1.84. The smallest absolute Gasteiger partial charge is 0.283 e. The second-order valence-electron chi connectivity index (χ2n) is 2.84. The van der Waals surface area contributed by atoms with Crippen LogP contribution in [-0.2, 0) is 10.1 Å². The van der Waals surface area contributed by atoms with E-state index in [4.69, 9.17) is 20.5 Å². The fourth-order valence-electron chi connectivity index (χ4n) is 0.950. The van der Waals surface area contributed by atoms with Gasteiger partial charge in [0, 0.05) is 19.6 Å². The molecule has 0 aromatic carbocycles. The number of nitrogens with two attached hydrogens (primary N) is 1. The second kappa shape index (κ2) is 4.87. The molecular formula is C6H15NO5S. The van der Waals surface area contributed by atoms with Crippen molar-refractivity contribution in [1.29, 1.82) is 0 Å². The summed E-state index contributed by atoms with van der Waals surface area (Å²) >= 11 is 0. The molecule has 0 aliphatic carbocycles. The molecule has 5 N–H and O–H groups in total. The van der Waals surface area contributed by atoms with Gasteiger partial charge < -0.3 is 15.9 Å². The van der Waals surface area contributed by atoms with Crippen LogP contribution in [0.25, 0.3) is 0 Å². The van der Waals surface area contributed by atoms with Gasteiger partial charge in [0.15, 0.2) is 0 Å². The number of hydrogen-bond acceptors (Lipinski definition) is 5. The molecule has 0 bridgehead atoms. The molecule has 0 aromatic heterocycles. The highest BCUT2D eigenvalue weighted by molar-refractivity contribution is 7.87. The summed E-state index contributed by atoms with van der Waals surface area (Å²) < 4.78 is 30.3. The molecule has 0 heterocycles. The van der Waals surface area contributed by atoms with Crippen molar-refractivity contribution in [2.75, 3.05) is 13.2 Å². The maximum Gasteiger partial charge on any atom is 0.283 e. The Morgan fingerprint density at radius 2 is 1.69 bits per heavy atom. The Kier molecular flexibility index (Phi) is 4.79. The van der Waals surface area contributed by atoms with Gasteiger partial charge in [-0.15, -0.1) is 0 Å². The van der Waals surface area contributed by atoms with Crippen LogP contribution < -0.4 is 5.73 Å². The van der Waals surface area contributed by atoms with E-state index in [1.54, 1.807) is 0 Å². The lowest BCUT2D eigenvalue weighted by Crippen LogP contribution is -2.48. The minimum absolute atomic E-state index is 0.0805. The van der Waals surface area contributed by atoms with E-state index in [1.807, 2.05) is 0 Å². The molecule has 0 aromatic rings. The van der Waals surface area contributed by atoms with Gasteiger partial charge in [-0.3, -0.25) is 4.55 Å². The highest BCUT2D eigenvalue weighted by Crippen LogP contribution is 2.20. The topological polar surface area (TPSA) is 121 Å². The largest absolute Gasteiger partial charge is 0.396 e. The second-order valence-corrected chi connectivity index (χ2v) is 4.60. The standard InChI is InChI=1S/C6H15NO5S/c7-6(3-5-9,2-1-4-8)13(10,11)12/h8-9H,1-5,7H2,(H,10,11,12). The molecule has 0 spiro atoms. The third kappa shape index (κ3) is 3.57. The van der Waals surface area contributed by atoms with E-state index in [0.29, 0.717) is 0 Å². The van der Waals surface area contributed by atoms with Gasteiger partial charge in [0.05, 0.1) is 0 Å². The Labute approximate surface area is 77.1 Å². The highest BCUT2D eigenvalue weighted by Gasteiger charge is 2.37. The van der Waals surface area contributed by atoms with Gasteiger partial charge in [0.1, 0.15) is 4.87 Å². The van der Waals surface area contributed by atoms with E-state index in [9.17, 15) is 8.42 Å². The molecule has 0 amide bonds. The van der Waals surface area contributed by atoms with E-state index in [0.717, 1.165) is 0 Å². The minimum atomic E-state index is -4.39. The van der Waals surface area contributed by atoms with Gasteiger partial charge in [-0.25, -0.2) is 0 Å². The SMILES string of the molecule is NC(CCO)(CCCO)S(=O)(=O)O. The lowest BCUT2D eigenvalue weighted by molar-refractivity contribution is 0.236. The Hall–Kier alpha value is -0.210. The van der Waals surface area contributed by atoms with Gasteiger partial charge in [-0.1, -0.05) is 0 Å². The summed E-state index contributed by atoms with van der Waals surface area (Å²) in [5, 5.41) is 17.0. The molecule has 1 atom stereocenters. The Morgan fingerprint density at radius 1 is 1.15 bits per heavy atom. The summed E-state index contributed by atoms with van der Waals surface area (Å²) in [5.74, 6) is 0. The summed E-state index contributed by atoms with van der Waals surface area (Å²) in [6, 6.07) is 0. The van der Waals surface area contributed by atoms with Gasteiger partial charge in [-0.05, 0) is 12.8 Å².